The van der Waals surface area contributed by atoms with Crippen molar-refractivity contribution in [2.45, 2.75) is 12.8 Å². The van der Waals surface area contributed by atoms with Gasteiger partial charge in [-0.05, 0) is 18.2 Å². The van der Waals surface area contributed by atoms with Crippen LogP contribution >= 0.6 is 0 Å². The molecule has 0 unspecified atom stereocenters. The molecule has 2 rings (SSSR count). The summed E-state index contributed by atoms with van der Waals surface area (Å²) >= 11 is 0. The summed E-state index contributed by atoms with van der Waals surface area (Å²) in [5.74, 6) is -0.726. The van der Waals surface area contributed by atoms with Crippen LogP contribution in [0.3, 0.4) is 0 Å². The van der Waals surface area contributed by atoms with E-state index in [1.54, 1.807) is 17.0 Å². The highest BCUT2D eigenvalue weighted by Crippen LogP contribution is 2.20. The molecule has 0 fully saturated rings. The molecule has 0 saturated heterocycles. The van der Waals surface area contributed by atoms with Crippen LogP contribution in [0.4, 0.5) is 10.1 Å². The number of hydrogen-bond donors (Lipinski definition) is 2. The topological polar surface area (TPSA) is 81.1 Å². The van der Waals surface area contributed by atoms with Crippen molar-refractivity contribution >= 4 is 11.7 Å². The number of nitrogens with zero attached hydrogens (tertiary/aromatic N) is 2. The van der Waals surface area contributed by atoms with Gasteiger partial charge in [-0.2, -0.15) is 0 Å². The molecule has 0 amide bonds. The first kappa shape index (κ1) is 12.1. The Morgan fingerprint density at radius 3 is 2.94 bits per heavy atom. The highest BCUT2D eigenvalue weighted by atomic mass is 19.1. The van der Waals surface area contributed by atoms with Gasteiger partial charge < -0.3 is 15.4 Å². The van der Waals surface area contributed by atoms with E-state index in [4.69, 9.17) is 10.8 Å². The summed E-state index contributed by atoms with van der Waals surface area (Å²) in [6, 6.07) is 4.06. The Labute approximate surface area is 103 Å². The minimum atomic E-state index is -0.892. The summed E-state index contributed by atoms with van der Waals surface area (Å²) < 4.78 is 14.6. The van der Waals surface area contributed by atoms with Crippen molar-refractivity contribution in [2.75, 3.05) is 5.73 Å². The second kappa shape index (κ2) is 4.87. The third kappa shape index (κ3) is 2.48. The molecule has 0 aliphatic carbocycles. The van der Waals surface area contributed by atoms with Crippen LogP contribution < -0.4 is 5.73 Å². The van der Waals surface area contributed by atoms with E-state index in [0.717, 1.165) is 0 Å². The number of aromatic nitrogens is 2. The third-order valence-corrected chi connectivity index (χ3v) is 2.53. The minimum absolute atomic E-state index is 0.0158. The molecule has 1 heterocycles. The van der Waals surface area contributed by atoms with Gasteiger partial charge in [0.15, 0.2) is 0 Å². The van der Waals surface area contributed by atoms with Crippen LogP contribution in [0.1, 0.15) is 12.2 Å². The quantitative estimate of drug-likeness (QED) is 0.806. The number of anilines is 1. The van der Waals surface area contributed by atoms with E-state index in [9.17, 15) is 9.18 Å². The molecule has 5 nitrogen and oxygen atoms in total. The van der Waals surface area contributed by atoms with E-state index in [0.29, 0.717) is 17.9 Å². The lowest BCUT2D eigenvalue weighted by Gasteiger charge is -2.10. The smallest absolute Gasteiger partial charge is 0.303 e. The molecule has 94 valence electrons. The van der Waals surface area contributed by atoms with Crippen LogP contribution in [0.15, 0.2) is 30.6 Å². The summed E-state index contributed by atoms with van der Waals surface area (Å²) in [5.41, 5.74) is 6.61. The molecule has 0 bridgehead atoms. The molecule has 0 atom stereocenters. The molecule has 1 aromatic carbocycles. The largest absolute Gasteiger partial charge is 0.481 e. The maximum absolute atomic E-state index is 13.0. The lowest BCUT2D eigenvalue weighted by molar-refractivity contribution is -0.137. The zero-order valence-corrected chi connectivity index (χ0v) is 9.51. The van der Waals surface area contributed by atoms with Crippen LogP contribution in [-0.2, 0) is 11.2 Å². The lowest BCUT2D eigenvalue weighted by Crippen LogP contribution is -2.06. The predicted octanol–water partition coefficient (Wildman–Crippen LogP) is 1.61. The number of nitrogen functional groups attached to an aromatic ring is 1. The zero-order chi connectivity index (χ0) is 13.1. The van der Waals surface area contributed by atoms with Gasteiger partial charge in [-0.3, -0.25) is 4.79 Å². The van der Waals surface area contributed by atoms with E-state index < -0.39 is 11.8 Å². The molecule has 2 aromatic rings. The maximum Gasteiger partial charge on any atom is 0.303 e. The van der Waals surface area contributed by atoms with Crippen molar-refractivity contribution in [1.82, 2.24) is 9.55 Å². The Morgan fingerprint density at radius 1 is 1.50 bits per heavy atom. The van der Waals surface area contributed by atoms with Gasteiger partial charge in [0.25, 0.3) is 0 Å². The maximum atomic E-state index is 13.0. The van der Waals surface area contributed by atoms with Gasteiger partial charge >= 0.3 is 5.97 Å². The van der Waals surface area contributed by atoms with Crippen molar-refractivity contribution in [3.8, 4) is 5.69 Å². The van der Waals surface area contributed by atoms with Gasteiger partial charge in [-0.15, -0.1) is 0 Å². The molecule has 0 aliphatic heterocycles. The summed E-state index contributed by atoms with van der Waals surface area (Å²) in [4.78, 5) is 14.6. The van der Waals surface area contributed by atoms with Crippen LogP contribution in [0.5, 0.6) is 0 Å². The Hall–Kier alpha value is -2.37. The SMILES string of the molecule is Nc1cc(F)ccc1-n1ccnc1CCC(=O)O. The normalized spacial score (nSPS) is 10.5. The van der Waals surface area contributed by atoms with Crippen LogP contribution in [-0.4, -0.2) is 20.6 Å². The van der Waals surface area contributed by atoms with Crippen molar-refractivity contribution in [3.63, 3.8) is 0 Å². The summed E-state index contributed by atoms with van der Waals surface area (Å²) in [6.45, 7) is 0. The lowest BCUT2D eigenvalue weighted by atomic mass is 10.2. The van der Waals surface area contributed by atoms with Crippen LogP contribution in [0.25, 0.3) is 5.69 Å². The highest BCUT2D eigenvalue weighted by Gasteiger charge is 2.10. The number of carbonyl (C=O) groups is 1. The van der Waals surface area contributed by atoms with Crippen molar-refractivity contribution in [3.05, 3.63) is 42.2 Å². The minimum Gasteiger partial charge on any atom is -0.481 e. The zero-order valence-electron chi connectivity index (χ0n) is 9.51. The average molecular weight is 249 g/mol. The number of carboxylic acids is 1. The molecule has 0 aliphatic rings. The van der Waals surface area contributed by atoms with E-state index in [2.05, 4.69) is 4.98 Å². The van der Waals surface area contributed by atoms with E-state index in [1.807, 2.05) is 0 Å². The Morgan fingerprint density at radius 2 is 2.28 bits per heavy atom. The number of aryl methyl sites for hydroxylation is 1. The number of halogens is 1. The number of benzene rings is 1. The Kier molecular flexibility index (Phi) is 3.27. The summed E-state index contributed by atoms with van der Waals surface area (Å²) in [7, 11) is 0. The Bertz CT molecular complexity index is 580. The monoisotopic (exact) mass is 249 g/mol. The average Bonchev–Trinajstić information content (AvgIpc) is 2.74. The Balaban J connectivity index is 2.33. The second-order valence-corrected chi connectivity index (χ2v) is 3.81. The molecular weight excluding hydrogens is 237 g/mol. The van der Waals surface area contributed by atoms with Gasteiger partial charge in [0.2, 0.25) is 0 Å². The fraction of sp³-hybridized carbons (Fsp3) is 0.167. The highest BCUT2D eigenvalue weighted by molar-refractivity contribution is 5.67. The van der Waals surface area contributed by atoms with Gasteiger partial charge in [0.1, 0.15) is 11.6 Å². The second-order valence-electron chi connectivity index (χ2n) is 3.81. The number of imidazole rings is 1. The fourth-order valence-corrected chi connectivity index (χ4v) is 1.70. The van der Waals surface area contributed by atoms with Gasteiger partial charge in [0, 0.05) is 18.8 Å². The van der Waals surface area contributed by atoms with Crippen molar-refractivity contribution in [1.29, 1.82) is 0 Å². The molecule has 0 radical (unpaired) electrons. The van der Waals surface area contributed by atoms with Gasteiger partial charge in [-0.1, -0.05) is 0 Å². The number of carboxylic acid groups (broad SMARTS) is 1. The molecule has 3 N–H and O–H groups in total. The van der Waals surface area contributed by atoms with E-state index >= 15 is 0 Å². The van der Waals surface area contributed by atoms with E-state index in [1.165, 1.54) is 18.2 Å². The fourth-order valence-electron chi connectivity index (χ4n) is 1.70. The van der Waals surface area contributed by atoms with Gasteiger partial charge in [0.05, 0.1) is 17.8 Å². The number of hydrogen-bond acceptors (Lipinski definition) is 3. The first-order chi connectivity index (χ1) is 8.58. The number of aliphatic carboxylic acids is 1. The van der Waals surface area contributed by atoms with E-state index in [-0.39, 0.29) is 12.1 Å². The molecule has 0 spiro atoms. The van der Waals surface area contributed by atoms with Gasteiger partial charge in [-0.25, -0.2) is 9.37 Å². The van der Waals surface area contributed by atoms with Crippen molar-refractivity contribution < 1.29 is 14.3 Å². The first-order valence-corrected chi connectivity index (χ1v) is 5.37. The summed E-state index contributed by atoms with van der Waals surface area (Å²) in [6.07, 6.45) is 3.50. The number of rotatable bonds is 4. The molecule has 1 aromatic heterocycles. The van der Waals surface area contributed by atoms with Crippen LogP contribution in [0.2, 0.25) is 0 Å². The molecular formula is C12H12FN3O2. The summed E-state index contributed by atoms with van der Waals surface area (Å²) in [5, 5.41) is 8.65. The molecule has 0 saturated carbocycles. The third-order valence-electron chi connectivity index (χ3n) is 2.53. The van der Waals surface area contributed by atoms with Crippen molar-refractivity contribution in [2.24, 2.45) is 0 Å². The number of nitrogens with two attached hydrogens (primary N) is 1. The molecule has 18 heavy (non-hydrogen) atoms. The standard InChI is InChI=1S/C12H12FN3O2/c13-8-1-2-10(9(14)7-8)16-6-5-15-11(16)3-4-12(17)18/h1-2,5-7H,3-4,14H2,(H,17,18). The van der Waals surface area contributed by atoms with Crippen LogP contribution in [0, 0.1) is 5.82 Å². The molecule has 6 heteroatoms. The first-order valence-electron chi connectivity index (χ1n) is 5.37. The predicted molar refractivity (Wildman–Crippen MR) is 63.9 cm³/mol.